The van der Waals surface area contributed by atoms with E-state index in [0.29, 0.717) is 24.9 Å². The van der Waals surface area contributed by atoms with Crippen LogP contribution in [0.4, 0.5) is 0 Å². The molecule has 4 rings (SSSR count). The topological polar surface area (TPSA) is 113 Å². The van der Waals surface area contributed by atoms with Crippen LogP contribution in [0.5, 0.6) is 0 Å². The molecule has 3 amide bonds. The lowest BCUT2D eigenvalue weighted by Crippen LogP contribution is -2.53. The van der Waals surface area contributed by atoms with Crippen molar-refractivity contribution < 1.29 is 23.6 Å². The zero-order valence-corrected chi connectivity index (χ0v) is 18.1. The molecular formula is C23H26N4O5. The van der Waals surface area contributed by atoms with Gasteiger partial charge in [0.05, 0.1) is 24.4 Å². The van der Waals surface area contributed by atoms with E-state index in [4.69, 9.17) is 4.42 Å². The number of carbonyl (C=O) groups is 4. The summed E-state index contributed by atoms with van der Waals surface area (Å²) in [6.45, 7) is 4.23. The van der Waals surface area contributed by atoms with Crippen LogP contribution in [0.3, 0.4) is 0 Å². The average Bonchev–Trinajstić information content (AvgIpc) is 3.51. The molecule has 0 spiro atoms. The molecule has 0 aromatic carbocycles. The summed E-state index contributed by atoms with van der Waals surface area (Å²) < 4.78 is 4.96. The summed E-state index contributed by atoms with van der Waals surface area (Å²) >= 11 is 0. The normalized spacial score (nSPS) is 21.0. The number of nitrogens with zero attached hydrogens (tertiary/aromatic N) is 3. The fourth-order valence-electron chi connectivity index (χ4n) is 4.50. The third-order valence-corrected chi connectivity index (χ3v) is 5.94. The first-order valence-electron chi connectivity index (χ1n) is 10.7. The van der Waals surface area contributed by atoms with Crippen LogP contribution in [-0.4, -0.2) is 69.5 Å². The second-order valence-corrected chi connectivity index (χ2v) is 8.61. The molecule has 3 unspecified atom stereocenters. The van der Waals surface area contributed by atoms with E-state index in [9.17, 15) is 19.2 Å². The van der Waals surface area contributed by atoms with Crippen molar-refractivity contribution in [2.24, 2.45) is 5.92 Å². The summed E-state index contributed by atoms with van der Waals surface area (Å²) in [6.07, 6.45) is 5.18. The van der Waals surface area contributed by atoms with Crippen molar-refractivity contribution in [1.82, 2.24) is 20.1 Å². The van der Waals surface area contributed by atoms with Gasteiger partial charge in [0.15, 0.2) is 5.78 Å². The largest absolute Gasteiger partial charge is 0.472 e. The number of rotatable bonds is 6. The van der Waals surface area contributed by atoms with Crippen LogP contribution in [0, 0.1) is 5.92 Å². The molecule has 2 aromatic heterocycles. The molecule has 2 aliphatic heterocycles. The number of amides is 3. The predicted octanol–water partition coefficient (Wildman–Crippen LogP) is 1.51. The van der Waals surface area contributed by atoms with Crippen molar-refractivity contribution in [3.63, 3.8) is 0 Å². The summed E-state index contributed by atoms with van der Waals surface area (Å²) in [5.41, 5.74) is 0.603. The van der Waals surface area contributed by atoms with E-state index in [0.717, 1.165) is 0 Å². The third kappa shape index (κ3) is 4.15. The number of aromatic nitrogens is 1. The van der Waals surface area contributed by atoms with Crippen LogP contribution in [0.25, 0.3) is 0 Å². The Balaban J connectivity index is 1.51. The number of pyridine rings is 1. The molecular weight excluding hydrogens is 412 g/mol. The fraction of sp³-hybridized carbons (Fsp3) is 0.435. The quantitative estimate of drug-likeness (QED) is 0.732. The van der Waals surface area contributed by atoms with Gasteiger partial charge < -0.3 is 19.5 Å². The van der Waals surface area contributed by atoms with E-state index in [1.54, 1.807) is 18.2 Å². The van der Waals surface area contributed by atoms with Gasteiger partial charge in [0.25, 0.3) is 11.8 Å². The molecule has 2 aromatic rings. The Labute approximate surface area is 185 Å². The van der Waals surface area contributed by atoms with E-state index < -0.39 is 18.0 Å². The molecule has 2 fully saturated rings. The number of hydrogen-bond acceptors (Lipinski definition) is 6. The van der Waals surface area contributed by atoms with E-state index >= 15 is 0 Å². The van der Waals surface area contributed by atoms with Gasteiger partial charge in [-0.15, -0.1) is 0 Å². The summed E-state index contributed by atoms with van der Waals surface area (Å²) in [7, 11) is 0. The van der Waals surface area contributed by atoms with Gasteiger partial charge in [-0.25, -0.2) is 0 Å². The molecule has 9 nitrogen and oxygen atoms in total. The second-order valence-electron chi connectivity index (χ2n) is 8.61. The van der Waals surface area contributed by atoms with Crippen molar-refractivity contribution in [3.8, 4) is 0 Å². The van der Waals surface area contributed by atoms with Gasteiger partial charge in [-0.2, -0.15) is 0 Å². The van der Waals surface area contributed by atoms with E-state index in [1.165, 1.54) is 34.6 Å². The van der Waals surface area contributed by atoms with Gasteiger partial charge in [-0.1, -0.05) is 19.9 Å². The Morgan fingerprint density at radius 2 is 2.03 bits per heavy atom. The van der Waals surface area contributed by atoms with Gasteiger partial charge in [0.1, 0.15) is 24.0 Å². The van der Waals surface area contributed by atoms with Gasteiger partial charge in [0, 0.05) is 12.7 Å². The Kier molecular flexibility index (Phi) is 6.07. The van der Waals surface area contributed by atoms with Gasteiger partial charge in [0.2, 0.25) is 5.91 Å². The molecule has 0 saturated carbocycles. The summed E-state index contributed by atoms with van der Waals surface area (Å²) in [5.74, 6) is -1.04. The van der Waals surface area contributed by atoms with Gasteiger partial charge in [-0.3, -0.25) is 24.2 Å². The van der Waals surface area contributed by atoms with Gasteiger partial charge in [-0.05, 0) is 37.0 Å². The molecule has 0 aliphatic carbocycles. The number of likely N-dealkylation sites (tertiary alicyclic amines) is 2. The summed E-state index contributed by atoms with van der Waals surface area (Å²) in [5, 5.41) is 2.79. The SMILES string of the molecule is CC(C)CC(NC(=O)c1ccoc1)C(=O)N1CCC2C1C(=O)CN2C(=O)c1ccccn1. The Hall–Kier alpha value is -3.49. The third-order valence-electron chi connectivity index (χ3n) is 5.94. The second kappa shape index (κ2) is 8.94. The maximum Gasteiger partial charge on any atom is 0.273 e. The maximum absolute atomic E-state index is 13.4. The Morgan fingerprint density at radius 1 is 1.22 bits per heavy atom. The maximum atomic E-state index is 13.4. The fourth-order valence-corrected chi connectivity index (χ4v) is 4.50. The van der Waals surface area contributed by atoms with Crippen LogP contribution < -0.4 is 5.32 Å². The number of carbonyl (C=O) groups excluding carboxylic acids is 4. The first kappa shape index (κ1) is 21.7. The van der Waals surface area contributed by atoms with Crippen molar-refractivity contribution in [2.45, 2.75) is 44.8 Å². The predicted molar refractivity (Wildman–Crippen MR) is 114 cm³/mol. The first-order valence-corrected chi connectivity index (χ1v) is 10.7. The van der Waals surface area contributed by atoms with Crippen molar-refractivity contribution >= 4 is 23.5 Å². The molecule has 3 atom stereocenters. The lowest BCUT2D eigenvalue weighted by atomic mass is 10.0. The molecule has 9 heteroatoms. The van der Waals surface area contributed by atoms with E-state index in [-0.39, 0.29) is 41.8 Å². The van der Waals surface area contributed by atoms with Crippen molar-refractivity contribution in [1.29, 1.82) is 0 Å². The highest BCUT2D eigenvalue weighted by molar-refractivity contribution is 6.03. The minimum atomic E-state index is -0.774. The molecule has 2 saturated heterocycles. The molecule has 2 aliphatic rings. The lowest BCUT2D eigenvalue weighted by Gasteiger charge is -2.29. The first-order chi connectivity index (χ1) is 15.4. The molecule has 1 N–H and O–H groups in total. The smallest absolute Gasteiger partial charge is 0.273 e. The zero-order valence-electron chi connectivity index (χ0n) is 18.1. The minimum Gasteiger partial charge on any atom is -0.472 e. The van der Waals surface area contributed by atoms with Gasteiger partial charge >= 0.3 is 0 Å². The van der Waals surface area contributed by atoms with E-state index in [1.807, 2.05) is 13.8 Å². The Morgan fingerprint density at radius 3 is 2.69 bits per heavy atom. The van der Waals surface area contributed by atoms with Crippen molar-refractivity contribution in [2.75, 3.05) is 13.1 Å². The number of Topliss-reactive ketones (excluding diaryl/α,β-unsaturated/α-hetero) is 1. The van der Waals surface area contributed by atoms with E-state index in [2.05, 4.69) is 10.3 Å². The lowest BCUT2D eigenvalue weighted by molar-refractivity contribution is -0.138. The monoisotopic (exact) mass is 438 g/mol. The number of hydrogen-bond donors (Lipinski definition) is 1. The van der Waals surface area contributed by atoms with Crippen LogP contribution in [0.2, 0.25) is 0 Å². The molecule has 168 valence electrons. The van der Waals surface area contributed by atoms with Crippen LogP contribution >= 0.6 is 0 Å². The number of fused-ring (bicyclic) bond motifs is 1. The van der Waals surface area contributed by atoms with Crippen LogP contribution in [0.15, 0.2) is 47.4 Å². The highest BCUT2D eigenvalue weighted by Crippen LogP contribution is 2.31. The minimum absolute atomic E-state index is 0.0508. The number of ketones is 1. The highest BCUT2D eigenvalue weighted by Gasteiger charge is 2.52. The van der Waals surface area contributed by atoms with Crippen LogP contribution in [-0.2, 0) is 9.59 Å². The molecule has 32 heavy (non-hydrogen) atoms. The zero-order chi connectivity index (χ0) is 22.8. The van der Waals surface area contributed by atoms with Crippen LogP contribution in [0.1, 0.15) is 47.5 Å². The standard InChI is InChI=1S/C23H26N4O5/c1-14(2)11-17(25-21(29)15-7-10-32-13-15)23(31)26-9-6-18-20(26)19(28)12-27(18)22(30)16-5-3-4-8-24-16/h3-5,7-8,10,13-14,17-18,20H,6,9,11-12H2,1-2H3,(H,25,29). The number of furan rings is 1. The number of nitrogens with one attached hydrogen (secondary N) is 1. The summed E-state index contributed by atoms with van der Waals surface area (Å²) in [4.78, 5) is 58.9. The Bertz CT molecular complexity index is 1000. The summed E-state index contributed by atoms with van der Waals surface area (Å²) in [6, 6.07) is 4.73. The highest BCUT2D eigenvalue weighted by atomic mass is 16.3. The van der Waals surface area contributed by atoms with Crippen molar-refractivity contribution in [3.05, 3.63) is 54.2 Å². The molecule has 4 heterocycles. The molecule has 0 radical (unpaired) electrons. The molecule has 0 bridgehead atoms. The average molecular weight is 438 g/mol.